The minimum atomic E-state index is 0.275. The quantitative estimate of drug-likeness (QED) is 0.495. The Bertz CT molecular complexity index is 979. The van der Waals surface area contributed by atoms with Crippen LogP contribution in [0.4, 0.5) is 0 Å². The van der Waals surface area contributed by atoms with Crippen LogP contribution in [0.1, 0.15) is 49.3 Å². The molecule has 1 aliphatic carbocycles. The first kappa shape index (κ1) is 20.3. The standard InChI is InChI=1S/C27H30O4/c1-18(2)26-13-22(9-12-27(26)31-17-25-16-30-25)21-5-3-19(4-6-21)20-7-10-23(11-8-20)28-14-24-15-29-24/h3,6-13,18,24-25H,4-5,14-17H2,1-2H3. The minimum Gasteiger partial charge on any atom is -0.491 e. The van der Waals surface area contributed by atoms with E-state index in [2.05, 4.69) is 68.5 Å². The van der Waals surface area contributed by atoms with Crippen LogP contribution in [0, 0.1) is 0 Å². The van der Waals surface area contributed by atoms with Crippen LogP contribution >= 0.6 is 0 Å². The SMILES string of the molecule is CC(C)c1cc(C2=CCC(c3ccc(OCC4CO4)cc3)=CC2)ccc1OCC1CO1. The van der Waals surface area contributed by atoms with E-state index < -0.39 is 0 Å². The number of ether oxygens (including phenoxy) is 4. The van der Waals surface area contributed by atoms with Crippen molar-refractivity contribution in [2.24, 2.45) is 0 Å². The lowest BCUT2D eigenvalue weighted by Gasteiger charge is -2.19. The maximum atomic E-state index is 6.01. The second kappa shape index (κ2) is 8.89. The van der Waals surface area contributed by atoms with Gasteiger partial charge in [0.15, 0.2) is 0 Å². The summed E-state index contributed by atoms with van der Waals surface area (Å²) in [5.41, 5.74) is 6.57. The van der Waals surface area contributed by atoms with E-state index in [0.717, 1.165) is 37.6 Å². The van der Waals surface area contributed by atoms with Crippen molar-refractivity contribution in [3.05, 3.63) is 71.3 Å². The molecule has 0 aromatic heterocycles. The average molecular weight is 419 g/mol. The highest BCUT2D eigenvalue weighted by molar-refractivity contribution is 5.78. The van der Waals surface area contributed by atoms with Gasteiger partial charge in [0.25, 0.3) is 0 Å². The Morgan fingerprint density at radius 2 is 1.39 bits per heavy atom. The number of epoxide rings is 2. The van der Waals surface area contributed by atoms with E-state index in [0.29, 0.717) is 19.1 Å². The van der Waals surface area contributed by atoms with Gasteiger partial charge in [0.1, 0.15) is 36.9 Å². The van der Waals surface area contributed by atoms with Crippen molar-refractivity contribution in [3.63, 3.8) is 0 Å². The molecular formula is C27H30O4. The first-order valence-corrected chi connectivity index (χ1v) is 11.3. The van der Waals surface area contributed by atoms with E-state index >= 15 is 0 Å². The van der Waals surface area contributed by atoms with Crippen LogP contribution in [0.2, 0.25) is 0 Å². The van der Waals surface area contributed by atoms with Crippen molar-refractivity contribution in [2.75, 3.05) is 26.4 Å². The third-order valence-electron chi connectivity index (χ3n) is 6.03. The summed E-state index contributed by atoms with van der Waals surface area (Å²) < 4.78 is 22.2. The van der Waals surface area contributed by atoms with Gasteiger partial charge in [-0.05, 0) is 70.9 Å². The number of hydrogen-bond donors (Lipinski definition) is 0. The third kappa shape index (κ3) is 5.20. The van der Waals surface area contributed by atoms with Crippen LogP contribution in [0.15, 0.2) is 54.6 Å². The largest absolute Gasteiger partial charge is 0.491 e. The van der Waals surface area contributed by atoms with Gasteiger partial charge < -0.3 is 18.9 Å². The van der Waals surface area contributed by atoms with Crippen LogP contribution in [-0.2, 0) is 9.47 Å². The fraction of sp³-hybridized carbons (Fsp3) is 0.407. The van der Waals surface area contributed by atoms with E-state index in [4.69, 9.17) is 18.9 Å². The van der Waals surface area contributed by atoms with Gasteiger partial charge >= 0.3 is 0 Å². The topological polar surface area (TPSA) is 43.5 Å². The molecular weight excluding hydrogens is 388 g/mol. The molecule has 2 aromatic rings. The summed E-state index contributed by atoms with van der Waals surface area (Å²) in [5, 5.41) is 0. The molecule has 0 amide bonds. The van der Waals surface area contributed by atoms with Crippen LogP contribution < -0.4 is 9.47 Å². The second-order valence-corrected chi connectivity index (χ2v) is 8.83. The Morgan fingerprint density at radius 1 is 0.806 bits per heavy atom. The normalized spacial score (nSPS) is 22.0. The molecule has 4 heteroatoms. The van der Waals surface area contributed by atoms with E-state index in [9.17, 15) is 0 Å². The van der Waals surface area contributed by atoms with Crippen molar-refractivity contribution in [1.29, 1.82) is 0 Å². The van der Waals surface area contributed by atoms with Crippen LogP contribution in [0.25, 0.3) is 11.1 Å². The van der Waals surface area contributed by atoms with Crippen molar-refractivity contribution >= 4 is 11.1 Å². The molecule has 2 fully saturated rings. The molecule has 4 nitrogen and oxygen atoms in total. The zero-order chi connectivity index (χ0) is 21.2. The van der Waals surface area contributed by atoms with E-state index in [-0.39, 0.29) is 12.2 Å². The number of hydrogen-bond acceptors (Lipinski definition) is 4. The van der Waals surface area contributed by atoms with Crippen LogP contribution in [0.3, 0.4) is 0 Å². The van der Waals surface area contributed by atoms with Crippen molar-refractivity contribution < 1.29 is 18.9 Å². The molecule has 0 radical (unpaired) electrons. The highest BCUT2D eigenvalue weighted by Crippen LogP contribution is 2.35. The smallest absolute Gasteiger partial charge is 0.122 e. The van der Waals surface area contributed by atoms with E-state index in [1.807, 2.05) is 0 Å². The molecule has 0 bridgehead atoms. The van der Waals surface area contributed by atoms with Gasteiger partial charge in [0, 0.05) is 0 Å². The van der Waals surface area contributed by atoms with Gasteiger partial charge in [-0.3, -0.25) is 0 Å². The molecule has 2 saturated heterocycles. The monoisotopic (exact) mass is 418 g/mol. The summed E-state index contributed by atoms with van der Waals surface area (Å²) in [6.07, 6.45) is 7.17. The predicted octanol–water partition coefficient (Wildman–Crippen LogP) is 5.63. The molecule has 2 atom stereocenters. The van der Waals surface area contributed by atoms with Crippen molar-refractivity contribution in [3.8, 4) is 11.5 Å². The molecule has 0 spiro atoms. The van der Waals surface area contributed by atoms with Crippen LogP contribution in [-0.4, -0.2) is 38.6 Å². The summed E-state index contributed by atoms with van der Waals surface area (Å²) >= 11 is 0. The molecule has 0 saturated carbocycles. The molecule has 2 unspecified atom stereocenters. The number of benzene rings is 2. The molecule has 2 heterocycles. The fourth-order valence-electron chi connectivity index (χ4n) is 3.90. The molecule has 2 aromatic carbocycles. The Hall–Kier alpha value is -2.56. The fourth-order valence-corrected chi connectivity index (χ4v) is 3.90. The number of allylic oxidation sites excluding steroid dienone is 4. The van der Waals surface area contributed by atoms with Gasteiger partial charge in [0.2, 0.25) is 0 Å². The molecule has 5 rings (SSSR count). The highest BCUT2D eigenvalue weighted by Gasteiger charge is 2.24. The second-order valence-electron chi connectivity index (χ2n) is 8.83. The molecule has 2 aliphatic heterocycles. The molecule has 0 N–H and O–H groups in total. The van der Waals surface area contributed by atoms with Crippen LogP contribution in [0.5, 0.6) is 11.5 Å². The molecule has 3 aliphatic rings. The Kier molecular flexibility index (Phi) is 5.84. The maximum Gasteiger partial charge on any atom is 0.122 e. The summed E-state index contributed by atoms with van der Waals surface area (Å²) in [5.74, 6) is 2.30. The third-order valence-corrected chi connectivity index (χ3v) is 6.03. The lowest BCUT2D eigenvalue weighted by Crippen LogP contribution is -2.07. The first-order valence-electron chi connectivity index (χ1n) is 11.3. The van der Waals surface area contributed by atoms with Crippen molar-refractivity contribution in [1.82, 2.24) is 0 Å². The summed E-state index contributed by atoms with van der Waals surface area (Å²) in [6.45, 7) is 7.37. The lowest BCUT2D eigenvalue weighted by atomic mass is 9.89. The van der Waals surface area contributed by atoms with Crippen molar-refractivity contribution in [2.45, 2.75) is 44.8 Å². The zero-order valence-electron chi connectivity index (χ0n) is 18.3. The Labute approximate surface area is 184 Å². The lowest BCUT2D eigenvalue weighted by molar-refractivity contribution is 0.260. The van der Waals surface area contributed by atoms with Gasteiger partial charge in [-0.15, -0.1) is 0 Å². The van der Waals surface area contributed by atoms with Gasteiger partial charge in [-0.2, -0.15) is 0 Å². The molecule has 31 heavy (non-hydrogen) atoms. The predicted molar refractivity (Wildman–Crippen MR) is 123 cm³/mol. The average Bonchev–Trinajstić information content (AvgIpc) is 3.72. The van der Waals surface area contributed by atoms with Gasteiger partial charge in [-0.25, -0.2) is 0 Å². The zero-order valence-corrected chi connectivity index (χ0v) is 18.3. The molecule has 162 valence electrons. The minimum absolute atomic E-state index is 0.275. The van der Waals surface area contributed by atoms with E-state index in [1.54, 1.807) is 0 Å². The first-order chi connectivity index (χ1) is 15.2. The summed E-state index contributed by atoms with van der Waals surface area (Å²) in [6, 6.07) is 15.0. The highest BCUT2D eigenvalue weighted by atomic mass is 16.6. The summed E-state index contributed by atoms with van der Waals surface area (Å²) in [4.78, 5) is 0. The maximum absolute atomic E-state index is 6.01. The van der Waals surface area contributed by atoms with E-state index in [1.165, 1.54) is 27.8 Å². The Balaban J connectivity index is 1.23. The Morgan fingerprint density at radius 3 is 1.97 bits per heavy atom. The number of rotatable bonds is 9. The van der Waals surface area contributed by atoms with Gasteiger partial charge in [-0.1, -0.05) is 44.2 Å². The summed E-state index contributed by atoms with van der Waals surface area (Å²) in [7, 11) is 0. The van der Waals surface area contributed by atoms with Gasteiger partial charge in [0.05, 0.1) is 13.2 Å².